The Bertz CT molecular complexity index is 882. The van der Waals surface area contributed by atoms with Gasteiger partial charge in [-0.2, -0.15) is 4.58 Å². The number of ketones is 1. The zero-order chi connectivity index (χ0) is 18.4. The molecule has 0 aromatic rings. The zero-order valence-corrected chi connectivity index (χ0v) is 15.2. The molecule has 4 aliphatic rings. The molecule has 0 saturated carbocycles. The fraction of sp³-hybridized carbons (Fsp3) is 0.400. The third-order valence-corrected chi connectivity index (χ3v) is 5.41. The number of hydrogen-bond acceptors (Lipinski definition) is 5. The molecule has 26 heavy (non-hydrogen) atoms. The molecule has 0 fully saturated rings. The van der Waals surface area contributed by atoms with Gasteiger partial charge in [-0.15, -0.1) is 0 Å². The monoisotopic (exact) mass is 356 g/mol. The molecule has 4 rings (SSSR count). The summed E-state index contributed by atoms with van der Waals surface area (Å²) in [5.74, 6) is 1.77. The normalized spacial score (nSPS) is 25.0. The molecule has 136 valence electrons. The lowest BCUT2D eigenvalue weighted by Crippen LogP contribution is -2.37. The highest BCUT2D eigenvalue weighted by Crippen LogP contribution is 2.43. The number of carbonyl (C=O) groups excluding carboxylic acids is 1. The van der Waals surface area contributed by atoms with Crippen molar-refractivity contribution in [2.24, 2.45) is 5.92 Å². The Morgan fingerprint density at radius 3 is 2.58 bits per heavy atom. The van der Waals surface area contributed by atoms with Crippen molar-refractivity contribution in [2.45, 2.75) is 19.3 Å². The van der Waals surface area contributed by atoms with Gasteiger partial charge in [0, 0.05) is 12.8 Å². The fourth-order valence-electron chi connectivity index (χ4n) is 4.17. The molecule has 1 N–H and O–H groups in total. The number of allylic oxidation sites excluding steroid dienone is 5. The van der Waals surface area contributed by atoms with Gasteiger partial charge < -0.3 is 19.3 Å². The molecule has 0 amide bonds. The number of carbonyl (C=O) groups is 1. The number of Topliss-reactive ketones (excluding diaryl/α,β-unsaturated/α-hetero) is 1. The highest BCUT2D eigenvalue weighted by molar-refractivity contribution is 6.08. The van der Waals surface area contributed by atoms with Gasteiger partial charge >= 0.3 is 0 Å². The van der Waals surface area contributed by atoms with Crippen LogP contribution in [0.15, 0.2) is 58.1 Å². The molecule has 0 spiro atoms. The maximum Gasteiger partial charge on any atom is 0.213 e. The number of nitrogens with zero attached hydrogens (tertiary/aromatic N) is 1. The second-order valence-corrected chi connectivity index (χ2v) is 6.69. The Hall–Kier alpha value is -2.76. The Morgan fingerprint density at radius 1 is 1.12 bits per heavy atom. The number of fused-ring (bicyclic) bond motifs is 4. The molecule has 6 heteroatoms. The van der Waals surface area contributed by atoms with Crippen molar-refractivity contribution in [3.63, 3.8) is 0 Å². The van der Waals surface area contributed by atoms with Gasteiger partial charge in [-0.05, 0) is 24.1 Å². The largest absolute Gasteiger partial charge is 0.504 e. The first-order valence-corrected chi connectivity index (χ1v) is 8.67. The van der Waals surface area contributed by atoms with E-state index in [0.29, 0.717) is 30.9 Å². The van der Waals surface area contributed by atoms with Gasteiger partial charge in [0.05, 0.1) is 38.9 Å². The van der Waals surface area contributed by atoms with E-state index >= 15 is 0 Å². The molecule has 0 aromatic carbocycles. The van der Waals surface area contributed by atoms with E-state index in [9.17, 15) is 9.90 Å². The van der Waals surface area contributed by atoms with E-state index in [-0.39, 0.29) is 17.5 Å². The first kappa shape index (κ1) is 16.7. The first-order valence-electron chi connectivity index (χ1n) is 8.67. The number of methoxy groups -OCH3 is 3. The van der Waals surface area contributed by atoms with E-state index in [4.69, 9.17) is 14.2 Å². The summed E-state index contributed by atoms with van der Waals surface area (Å²) >= 11 is 0. The number of hydrogen-bond donors (Lipinski definition) is 1. The minimum Gasteiger partial charge on any atom is -0.504 e. The lowest BCUT2D eigenvalue weighted by Gasteiger charge is -2.31. The highest BCUT2D eigenvalue weighted by atomic mass is 16.5. The summed E-state index contributed by atoms with van der Waals surface area (Å²) in [5, 5.41) is 9.93. The van der Waals surface area contributed by atoms with Gasteiger partial charge in [-0.3, -0.25) is 4.79 Å². The Labute approximate surface area is 152 Å². The predicted molar refractivity (Wildman–Crippen MR) is 94.4 cm³/mol. The number of ether oxygens (including phenoxy) is 3. The van der Waals surface area contributed by atoms with Gasteiger partial charge in [-0.25, -0.2) is 0 Å². The summed E-state index contributed by atoms with van der Waals surface area (Å²) in [6, 6.07) is 0. The van der Waals surface area contributed by atoms with Crippen LogP contribution in [-0.2, 0) is 19.0 Å². The quantitative estimate of drug-likeness (QED) is 0.787. The summed E-state index contributed by atoms with van der Waals surface area (Å²) in [6.07, 6.45) is 7.67. The standard InChI is InChI=1S/C20H21NO5/c1-24-17-9-12-6-7-21-13(18(12)20(26-3)19(17)25-2)5-4-11-8-15(22)16(23)10-14(11)21/h5-6,10-11H,4,7-9H2,1-3H3/p+1/t11-/m0/s1. The van der Waals surface area contributed by atoms with Crippen molar-refractivity contribution in [1.82, 2.24) is 0 Å². The zero-order valence-electron chi connectivity index (χ0n) is 15.2. The molecule has 2 aliphatic carbocycles. The van der Waals surface area contributed by atoms with Gasteiger partial charge in [0.2, 0.25) is 5.70 Å². The van der Waals surface area contributed by atoms with Gasteiger partial charge in [-0.1, -0.05) is 0 Å². The van der Waals surface area contributed by atoms with Crippen LogP contribution < -0.4 is 0 Å². The maximum atomic E-state index is 11.8. The minimum absolute atomic E-state index is 0.110. The number of aliphatic hydroxyl groups is 1. The molecule has 0 saturated heterocycles. The first-order chi connectivity index (χ1) is 12.6. The smallest absolute Gasteiger partial charge is 0.213 e. The third kappa shape index (κ3) is 2.32. The van der Waals surface area contributed by atoms with Crippen LogP contribution in [0.5, 0.6) is 0 Å². The van der Waals surface area contributed by atoms with Crippen LogP contribution in [0.1, 0.15) is 19.3 Å². The molecule has 0 aromatic heterocycles. The van der Waals surface area contributed by atoms with Crippen molar-refractivity contribution < 1.29 is 28.7 Å². The Kier molecular flexibility index (Phi) is 3.98. The van der Waals surface area contributed by atoms with Crippen molar-refractivity contribution in [1.29, 1.82) is 0 Å². The summed E-state index contributed by atoms with van der Waals surface area (Å²) in [5.41, 5.74) is 4.15. The van der Waals surface area contributed by atoms with Crippen LogP contribution in [0.2, 0.25) is 0 Å². The lowest BCUT2D eigenvalue weighted by atomic mass is 9.81. The summed E-state index contributed by atoms with van der Waals surface area (Å²) in [4.78, 5) is 11.8. The highest BCUT2D eigenvalue weighted by Gasteiger charge is 2.43. The SMILES string of the molecule is COC1=C(OC)C(OC)=C2C(=CC[N+]3=C4C=C(O)C(=O)C[C@@H]4CC=C23)C1. The second-order valence-electron chi connectivity index (χ2n) is 6.69. The number of rotatable bonds is 3. The fourth-order valence-corrected chi connectivity index (χ4v) is 4.17. The summed E-state index contributed by atoms with van der Waals surface area (Å²) < 4.78 is 18.9. The molecule has 0 unspecified atom stereocenters. The van der Waals surface area contributed by atoms with E-state index in [1.165, 1.54) is 0 Å². The van der Waals surface area contributed by atoms with Crippen molar-refractivity contribution in [3.8, 4) is 0 Å². The van der Waals surface area contributed by atoms with Crippen LogP contribution >= 0.6 is 0 Å². The van der Waals surface area contributed by atoms with Crippen molar-refractivity contribution in [3.05, 3.63) is 58.1 Å². The molecule has 6 nitrogen and oxygen atoms in total. The van der Waals surface area contributed by atoms with E-state index in [1.807, 2.05) is 0 Å². The predicted octanol–water partition coefficient (Wildman–Crippen LogP) is 2.51. The maximum absolute atomic E-state index is 11.8. The van der Waals surface area contributed by atoms with Crippen molar-refractivity contribution in [2.75, 3.05) is 27.9 Å². The molecule has 0 radical (unpaired) electrons. The van der Waals surface area contributed by atoms with E-state index in [2.05, 4.69) is 16.7 Å². The van der Waals surface area contributed by atoms with Crippen molar-refractivity contribution >= 4 is 11.5 Å². The average Bonchev–Trinajstić information content (AvgIpc) is 2.66. The van der Waals surface area contributed by atoms with Crippen LogP contribution in [0.4, 0.5) is 0 Å². The third-order valence-electron chi connectivity index (χ3n) is 5.41. The minimum atomic E-state index is -0.187. The van der Waals surface area contributed by atoms with E-state index in [0.717, 1.165) is 34.7 Å². The average molecular weight is 356 g/mol. The second kappa shape index (κ2) is 6.20. The molecule has 0 bridgehead atoms. The van der Waals surface area contributed by atoms with Gasteiger partial charge in [0.1, 0.15) is 5.76 Å². The molecule has 2 aliphatic heterocycles. The molecular weight excluding hydrogens is 334 g/mol. The van der Waals surface area contributed by atoms with E-state index < -0.39 is 0 Å². The molecular formula is C20H22NO5+. The van der Waals surface area contributed by atoms with Gasteiger partial charge in [0.15, 0.2) is 35.3 Å². The Morgan fingerprint density at radius 2 is 1.88 bits per heavy atom. The van der Waals surface area contributed by atoms with Gasteiger partial charge in [0.25, 0.3) is 0 Å². The topological polar surface area (TPSA) is 68.0 Å². The van der Waals surface area contributed by atoms with Crippen LogP contribution in [-0.4, -0.2) is 49.1 Å². The van der Waals surface area contributed by atoms with Crippen LogP contribution in [0.25, 0.3) is 0 Å². The lowest BCUT2D eigenvalue weighted by molar-refractivity contribution is -0.468. The summed E-state index contributed by atoms with van der Waals surface area (Å²) in [7, 11) is 4.87. The number of aliphatic hydroxyl groups excluding tert-OH is 1. The molecule has 1 atom stereocenters. The van der Waals surface area contributed by atoms with Crippen LogP contribution in [0, 0.1) is 5.92 Å². The van der Waals surface area contributed by atoms with E-state index in [1.54, 1.807) is 27.4 Å². The van der Waals surface area contributed by atoms with Crippen LogP contribution in [0.3, 0.4) is 0 Å². The Balaban J connectivity index is 1.91. The summed E-state index contributed by atoms with van der Waals surface area (Å²) in [6.45, 7) is 0.685. The molecule has 2 heterocycles.